The highest BCUT2D eigenvalue weighted by atomic mass is 15.0. The maximum atomic E-state index is 5.49. The van der Waals surface area contributed by atoms with Gasteiger partial charge in [-0.25, -0.2) is 0 Å². The molecule has 11 N–H and O–H groups in total. The van der Waals surface area contributed by atoms with Crippen LogP contribution in [0.25, 0.3) is 0 Å². The summed E-state index contributed by atoms with van der Waals surface area (Å²) >= 11 is 0. The molecule has 2 atom stereocenters. The van der Waals surface area contributed by atoms with Gasteiger partial charge in [-0.15, -0.1) is 0 Å². The zero-order valence-corrected chi connectivity index (χ0v) is 12.6. The first-order chi connectivity index (χ1) is 9.08. The summed E-state index contributed by atoms with van der Waals surface area (Å²) in [6.07, 6.45) is 0. The van der Waals surface area contributed by atoms with E-state index in [4.69, 9.17) is 22.9 Å². The lowest BCUT2D eigenvalue weighted by Crippen LogP contribution is -2.40. The molecule has 0 bridgehead atoms. The van der Waals surface area contributed by atoms with Crippen LogP contribution in [0.5, 0.6) is 0 Å². The molecule has 19 heavy (non-hydrogen) atoms. The topological polar surface area (TPSA) is 140 Å². The molecule has 2 unspecified atom stereocenters. The summed E-state index contributed by atoms with van der Waals surface area (Å²) in [7, 11) is 0. The van der Waals surface area contributed by atoms with Crippen molar-refractivity contribution in [1.82, 2.24) is 16.0 Å². The predicted molar refractivity (Wildman–Crippen MR) is 84.0 cm³/mol. The van der Waals surface area contributed by atoms with E-state index in [1.54, 1.807) is 0 Å². The van der Waals surface area contributed by atoms with Crippen LogP contribution in [-0.4, -0.2) is 64.4 Å². The molecule has 0 saturated heterocycles. The smallest absolute Gasteiger partial charge is 0.0162 e. The fraction of sp³-hybridized carbons (Fsp3) is 1.00. The van der Waals surface area contributed by atoms with Gasteiger partial charge in [-0.1, -0.05) is 0 Å². The molecule has 0 heterocycles. The van der Waals surface area contributed by atoms with Crippen LogP contribution >= 0.6 is 0 Å². The summed E-state index contributed by atoms with van der Waals surface area (Å²) in [5, 5.41) is 9.51. The van der Waals surface area contributed by atoms with Crippen molar-refractivity contribution >= 4 is 0 Å². The van der Waals surface area contributed by atoms with Crippen molar-refractivity contribution in [1.29, 1.82) is 0 Å². The van der Waals surface area contributed by atoms with E-state index in [1.165, 1.54) is 0 Å². The largest absolute Gasteiger partial charge is 0.329 e. The van der Waals surface area contributed by atoms with Gasteiger partial charge in [-0.3, -0.25) is 0 Å². The zero-order chi connectivity index (χ0) is 14.9. The minimum Gasteiger partial charge on any atom is -0.329 e. The molecule has 0 spiro atoms. The van der Waals surface area contributed by atoms with Gasteiger partial charge < -0.3 is 38.9 Å². The quantitative estimate of drug-likeness (QED) is 0.205. The number of nitrogens with two attached hydrogens (primary N) is 4. The summed E-state index contributed by atoms with van der Waals surface area (Å²) in [6, 6.07) is 0.606. The number of rotatable bonds is 11. The fourth-order valence-corrected chi connectivity index (χ4v) is 1.10. The lowest BCUT2D eigenvalue weighted by Gasteiger charge is -2.12. The summed E-state index contributed by atoms with van der Waals surface area (Å²) in [5.41, 5.74) is 21.4. The average Bonchev–Trinajstić information content (AvgIpc) is 2.40. The second kappa shape index (κ2) is 17.7. The first kappa shape index (κ1) is 21.0. The number of hydrogen-bond donors (Lipinski definition) is 7. The number of nitrogens with one attached hydrogen (secondary N) is 3. The Balaban J connectivity index is 0. The van der Waals surface area contributed by atoms with Crippen LogP contribution in [0, 0.1) is 0 Å². The Morgan fingerprint density at radius 1 is 0.842 bits per heavy atom. The maximum Gasteiger partial charge on any atom is 0.0162 e. The monoisotopic (exact) mass is 277 g/mol. The van der Waals surface area contributed by atoms with Gasteiger partial charge in [0.15, 0.2) is 0 Å². The fourth-order valence-electron chi connectivity index (χ4n) is 1.10. The minimum atomic E-state index is 0.221. The van der Waals surface area contributed by atoms with Crippen molar-refractivity contribution in [2.45, 2.75) is 25.9 Å². The summed E-state index contributed by atoms with van der Waals surface area (Å²) in [4.78, 5) is 0. The van der Waals surface area contributed by atoms with Crippen LogP contribution in [0.15, 0.2) is 0 Å². The average molecular weight is 277 g/mol. The summed E-state index contributed by atoms with van der Waals surface area (Å²) in [6.45, 7) is 10.7. The van der Waals surface area contributed by atoms with E-state index in [2.05, 4.69) is 16.0 Å². The lowest BCUT2D eigenvalue weighted by atomic mass is 10.3. The van der Waals surface area contributed by atoms with Gasteiger partial charge in [0.25, 0.3) is 0 Å². The Bertz CT molecular complexity index is 147. The van der Waals surface area contributed by atoms with E-state index in [9.17, 15) is 0 Å². The molecule has 7 heteroatoms. The maximum absolute atomic E-state index is 5.49. The SMILES string of the molecule is CC(N)CNC(C)CN.NCCNCCNCCN. The van der Waals surface area contributed by atoms with Gasteiger partial charge in [0.1, 0.15) is 0 Å². The molecular weight excluding hydrogens is 242 g/mol. The van der Waals surface area contributed by atoms with Crippen LogP contribution in [0.3, 0.4) is 0 Å². The third-order valence-electron chi connectivity index (χ3n) is 2.26. The van der Waals surface area contributed by atoms with E-state index in [1.807, 2.05) is 13.8 Å². The number of hydrogen-bond acceptors (Lipinski definition) is 7. The Morgan fingerprint density at radius 2 is 1.32 bits per heavy atom. The Morgan fingerprint density at radius 3 is 1.63 bits per heavy atom. The van der Waals surface area contributed by atoms with E-state index in [0.717, 1.165) is 32.7 Å². The molecule has 7 nitrogen and oxygen atoms in total. The van der Waals surface area contributed by atoms with E-state index < -0.39 is 0 Å². The van der Waals surface area contributed by atoms with Crippen LogP contribution in [0.1, 0.15) is 13.8 Å². The van der Waals surface area contributed by atoms with Crippen molar-refractivity contribution < 1.29 is 0 Å². The highest BCUT2D eigenvalue weighted by Gasteiger charge is 1.97. The van der Waals surface area contributed by atoms with Crippen LogP contribution in [-0.2, 0) is 0 Å². The second-order valence-electron chi connectivity index (χ2n) is 4.60. The van der Waals surface area contributed by atoms with Crippen molar-refractivity contribution in [3.63, 3.8) is 0 Å². The van der Waals surface area contributed by atoms with Crippen molar-refractivity contribution in [2.75, 3.05) is 52.4 Å². The second-order valence-corrected chi connectivity index (χ2v) is 4.60. The molecule has 0 saturated carbocycles. The standard InChI is InChI=1S/C6H18N4.C6H17N3/c7-1-3-9-5-6-10-4-2-8;1-5(8)4-9-6(2)3-7/h9-10H,1-8H2;5-6,9H,3-4,7-8H2,1-2H3. The van der Waals surface area contributed by atoms with Crippen molar-refractivity contribution in [2.24, 2.45) is 22.9 Å². The minimum absolute atomic E-state index is 0.221. The van der Waals surface area contributed by atoms with Gasteiger partial charge in [0.05, 0.1) is 0 Å². The van der Waals surface area contributed by atoms with E-state index >= 15 is 0 Å². The summed E-state index contributed by atoms with van der Waals surface area (Å²) in [5.74, 6) is 0. The van der Waals surface area contributed by atoms with Gasteiger partial charge in [0.2, 0.25) is 0 Å². The summed E-state index contributed by atoms with van der Waals surface area (Å²) < 4.78 is 0. The Hall–Kier alpha value is -0.280. The van der Waals surface area contributed by atoms with Crippen molar-refractivity contribution in [3.05, 3.63) is 0 Å². The normalized spacial score (nSPS) is 13.6. The first-order valence-corrected chi connectivity index (χ1v) is 7.09. The molecule has 0 aromatic rings. The molecule has 0 fully saturated rings. The van der Waals surface area contributed by atoms with Gasteiger partial charge in [-0.2, -0.15) is 0 Å². The Labute approximate surface area is 118 Å². The lowest BCUT2D eigenvalue weighted by molar-refractivity contribution is 0.523. The van der Waals surface area contributed by atoms with Crippen molar-refractivity contribution in [3.8, 4) is 0 Å². The molecule has 118 valence electrons. The molecule has 0 aliphatic rings. The first-order valence-electron chi connectivity index (χ1n) is 7.09. The van der Waals surface area contributed by atoms with Crippen LogP contribution in [0.2, 0.25) is 0 Å². The van der Waals surface area contributed by atoms with Gasteiger partial charge >= 0.3 is 0 Å². The molecule has 0 aliphatic heterocycles. The van der Waals surface area contributed by atoms with E-state index in [-0.39, 0.29) is 6.04 Å². The highest BCUT2D eigenvalue weighted by Crippen LogP contribution is 1.76. The van der Waals surface area contributed by atoms with Crippen LogP contribution < -0.4 is 38.9 Å². The third kappa shape index (κ3) is 23.3. The van der Waals surface area contributed by atoms with Crippen LogP contribution in [0.4, 0.5) is 0 Å². The molecule has 0 aromatic heterocycles. The Kier molecular flexibility index (Phi) is 19.6. The molecule has 0 rings (SSSR count). The molecule has 0 aromatic carbocycles. The van der Waals surface area contributed by atoms with Gasteiger partial charge in [0, 0.05) is 64.4 Å². The van der Waals surface area contributed by atoms with E-state index in [0.29, 0.717) is 25.7 Å². The molecular formula is C12H35N7. The van der Waals surface area contributed by atoms with Gasteiger partial charge in [-0.05, 0) is 13.8 Å². The molecule has 0 amide bonds. The zero-order valence-electron chi connectivity index (χ0n) is 12.6. The third-order valence-corrected chi connectivity index (χ3v) is 2.26. The predicted octanol–water partition coefficient (Wildman–Crippen LogP) is -2.65. The highest BCUT2D eigenvalue weighted by molar-refractivity contribution is 4.64. The molecule has 0 aliphatic carbocycles. The molecule has 0 radical (unpaired) electrons.